The molecule has 1 aliphatic rings. The van der Waals surface area contributed by atoms with Crippen LogP contribution in [0, 0.1) is 12.3 Å². The van der Waals surface area contributed by atoms with Gasteiger partial charge in [-0.15, -0.1) is 6.42 Å². The van der Waals surface area contributed by atoms with E-state index in [4.69, 9.17) is 6.42 Å². The summed E-state index contributed by atoms with van der Waals surface area (Å²) >= 11 is 0. The Labute approximate surface area is 120 Å². The molecule has 4 nitrogen and oxygen atoms in total. The fourth-order valence-electron chi connectivity index (χ4n) is 2.14. The number of terminal acetylenes is 1. The van der Waals surface area contributed by atoms with E-state index in [1.165, 1.54) is 11.8 Å². The van der Waals surface area contributed by atoms with Crippen LogP contribution in [0.2, 0.25) is 0 Å². The molecule has 1 aromatic rings. The number of amides is 1. The summed E-state index contributed by atoms with van der Waals surface area (Å²) < 4.78 is 11.5. The van der Waals surface area contributed by atoms with Gasteiger partial charge in [0.25, 0.3) is 0 Å². The Hall–Kier alpha value is -1.93. The minimum absolute atomic E-state index is 0.0911. The molecule has 0 fully saturated rings. The van der Waals surface area contributed by atoms with Crippen molar-refractivity contribution in [3.8, 4) is 12.3 Å². The molecule has 2 rings (SSSR count). The van der Waals surface area contributed by atoms with Gasteiger partial charge in [0.15, 0.2) is 5.78 Å². The highest BCUT2D eigenvalue weighted by atomic mass is 32.2. The van der Waals surface area contributed by atoms with Crippen molar-refractivity contribution in [3.63, 3.8) is 0 Å². The standard InChI is InChI=1S/C15H15NO3S/c1-5-8-16-12-9-11(10(2)17)6-7-13(12)20(19)15(3,4)14(16)18/h1,6-7,9H,8H2,2-4H3. The number of anilines is 1. The molecule has 1 atom stereocenters. The maximum Gasteiger partial charge on any atom is 0.246 e. The number of benzene rings is 1. The zero-order valence-electron chi connectivity index (χ0n) is 11.6. The highest BCUT2D eigenvalue weighted by molar-refractivity contribution is 7.87. The largest absolute Gasteiger partial charge is 0.298 e. The Bertz CT molecular complexity index is 670. The van der Waals surface area contributed by atoms with Crippen LogP contribution in [0.15, 0.2) is 23.1 Å². The number of hydrogen-bond donors (Lipinski definition) is 0. The van der Waals surface area contributed by atoms with Gasteiger partial charge in [0.05, 0.1) is 27.9 Å². The first-order valence-corrected chi connectivity index (χ1v) is 7.28. The number of fused-ring (bicyclic) bond motifs is 1. The second-order valence-corrected chi connectivity index (χ2v) is 7.11. The zero-order chi connectivity index (χ0) is 15.1. The van der Waals surface area contributed by atoms with E-state index in [9.17, 15) is 13.8 Å². The number of carbonyl (C=O) groups excluding carboxylic acids is 2. The Morgan fingerprint density at radius 2 is 2.10 bits per heavy atom. The molecular weight excluding hydrogens is 274 g/mol. The van der Waals surface area contributed by atoms with Crippen molar-refractivity contribution in [1.82, 2.24) is 0 Å². The molecule has 1 unspecified atom stereocenters. The topological polar surface area (TPSA) is 54.5 Å². The summed E-state index contributed by atoms with van der Waals surface area (Å²) in [5.41, 5.74) is 0.939. The molecule has 1 amide bonds. The van der Waals surface area contributed by atoms with Crippen LogP contribution >= 0.6 is 0 Å². The fourth-order valence-corrected chi connectivity index (χ4v) is 3.51. The summed E-state index contributed by atoms with van der Waals surface area (Å²) in [5, 5.41) is 0. The molecule has 5 heteroatoms. The van der Waals surface area contributed by atoms with Crippen molar-refractivity contribution >= 4 is 28.2 Å². The molecule has 104 valence electrons. The van der Waals surface area contributed by atoms with Crippen LogP contribution in [0.4, 0.5) is 5.69 Å². The van der Waals surface area contributed by atoms with Gasteiger partial charge >= 0.3 is 0 Å². The normalized spacial score (nSPS) is 20.2. The molecular formula is C15H15NO3S. The van der Waals surface area contributed by atoms with Gasteiger partial charge in [-0.25, -0.2) is 0 Å². The monoisotopic (exact) mass is 289 g/mol. The molecule has 1 aromatic carbocycles. The summed E-state index contributed by atoms with van der Waals surface area (Å²) in [7, 11) is -1.47. The van der Waals surface area contributed by atoms with Gasteiger partial charge in [-0.1, -0.05) is 12.0 Å². The van der Waals surface area contributed by atoms with E-state index in [1.54, 1.807) is 32.0 Å². The van der Waals surface area contributed by atoms with E-state index in [-0.39, 0.29) is 18.2 Å². The van der Waals surface area contributed by atoms with Crippen molar-refractivity contribution in [2.24, 2.45) is 0 Å². The molecule has 20 heavy (non-hydrogen) atoms. The maximum atomic E-state index is 12.5. The summed E-state index contributed by atoms with van der Waals surface area (Å²) in [6.07, 6.45) is 5.31. The number of nitrogens with zero attached hydrogens (tertiary/aromatic N) is 1. The molecule has 0 radical (unpaired) electrons. The van der Waals surface area contributed by atoms with Crippen LogP contribution in [0.3, 0.4) is 0 Å². The second-order valence-electron chi connectivity index (χ2n) is 5.11. The predicted molar refractivity (Wildman–Crippen MR) is 78.1 cm³/mol. The number of ketones is 1. The molecule has 1 aliphatic heterocycles. The lowest BCUT2D eigenvalue weighted by Crippen LogP contribution is -2.52. The molecule has 0 spiro atoms. The molecule has 0 saturated heterocycles. The van der Waals surface area contributed by atoms with E-state index in [2.05, 4.69) is 5.92 Å². The smallest absolute Gasteiger partial charge is 0.246 e. The van der Waals surface area contributed by atoms with E-state index in [1.807, 2.05) is 0 Å². The van der Waals surface area contributed by atoms with Crippen LogP contribution in [0.1, 0.15) is 31.1 Å². The molecule has 0 N–H and O–H groups in total. The highest BCUT2D eigenvalue weighted by Gasteiger charge is 2.45. The first-order valence-electron chi connectivity index (χ1n) is 6.13. The lowest BCUT2D eigenvalue weighted by atomic mass is 10.1. The molecule has 0 saturated carbocycles. The molecule has 0 aliphatic carbocycles. The average Bonchev–Trinajstić information content (AvgIpc) is 2.41. The van der Waals surface area contributed by atoms with E-state index in [0.717, 1.165) is 0 Å². The predicted octanol–water partition coefficient (Wildman–Crippen LogP) is 1.76. The van der Waals surface area contributed by atoms with E-state index in [0.29, 0.717) is 16.1 Å². The highest BCUT2D eigenvalue weighted by Crippen LogP contribution is 2.37. The molecule has 0 aromatic heterocycles. The third-order valence-electron chi connectivity index (χ3n) is 3.33. The van der Waals surface area contributed by atoms with Gasteiger partial charge in [0.1, 0.15) is 4.75 Å². The van der Waals surface area contributed by atoms with Crippen LogP contribution in [-0.4, -0.2) is 27.2 Å². The van der Waals surface area contributed by atoms with Crippen LogP contribution in [-0.2, 0) is 15.6 Å². The quantitative estimate of drug-likeness (QED) is 0.616. The number of rotatable bonds is 2. The number of Topliss-reactive ketones (excluding diaryl/α,β-unsaturated/α-hetero) is 1. The third-order valence-corrected chi connectivity index (χ3v) is 5.18. The second kappa shape index (κ2) is 4.88. The number of hydrogen-bond acceptors (Lipinski definition) is 3. The molecule has 1 heterocycles. The van der Waals surface area contributed by atoms with Crippen molar-refractivity contribution in [3.05, 3.63) is 23.8 Å². The minimum Gasteiger partial charge on any atom is -0.298 e. The average molecular weight is 289 g/mol. The van der Waals surface area contributed by atoms with Crippen molar-refractivity contribution in [2.75, 3.05) is 11.4 Å². The van der Waals surface area contributed by atoms with Crippen LogP contribution < -0.4 is 4.90 Å². The zero-order valence-corrected chi connectivity index (χ0v) is 12.4. The van der Waals surface area contributed by atoms with Gasteiger partial charge < -0.3 is 0 Å². The van der Waals surface area contributed by atoms with Gasteiger partial charge in [0, 0.05) is 5.56 Å². The van der Waals surface area contributed by atoms with Crippen molar-refractivity contribution < 1.29 is 13.8 Å². The maximum absolute atomic E-state index is 12.5. The lowest BCUT2D eigenvalue weighted by molar-refractivity contribution is -0.120. The first kappa shape index (κ1) is 14.5. The van der Waals surface area contributed by atoms with Gasteiger partial charge in [-0.2, -0.15) is 0 Å². The first-order chi connectivity index (χ1) is 9.30. The van der Waals surface area contributed by atoms with E-state index < -0.39 is 15.5 Å². The minimum atomic E-state index is -1.47. The van der Waals surface area contributed by atoms with Gasteiger partial charge in [-0.05, 0) is 32.9 Å². The van der Waals surface area contributed by atoms with Crippen molar-refractivity contribution in [2.45, 2.75) is 30.4 Å². The SMILES string of the molecule is C#CCN1C(=O)C(C)(C)S(=O)c2ccc(C(C)=O)cc21. The summed E-state index contributed by atoms with van der Waals surface area (Å²) in [6.45, 7) is 4.81. The Morgan fingerprint density at radius 3 is 2.65 bits per heavy atom. The summed E-state index contributed by atoms with van der Waals surface area (Å²) in [6, 6.07) is 4.85. The van der Waals surface area contributed by atoms with Gasteiger partial charge in [-0.3, -0.25) is 18.7 Å². The van der Waals surface area contributed by atoms with Crippen LogP contribution in [0.25, 0.3) is 0 Å². The number of carbonyl (C=O) groups is 2. The Kier molecular flexibility index (Phi) is 3.53. The summed E-state index contributed by atoms with van der Waals surface area (Å²) in [5.74, 6) is 2.03. The molecule has 0 bridgehead atoms. The Balaban J connectivity index is 2.69. The van der Waals surface area contributed by atoms with Gasteiger partial charge in [0.2, 0.25) is 5.91 Å². The Morgan fingerprint density at radius 1 is 1.45 bits per heavy atom. The van der Waals surface area contributed by atoms with Crippen molar-refractivity contribution in [1.29, 1.82) is 0 Å². The lowest BCUT2D eigenvalue weighted by Gasteiger charge is -2.36. The summed E-state index contributed by atoms with van der Waals surface area (Å²) in [4.78, 5) is 25.9. The van der Waals surface area contributed by atoms with Crippen LogP contribution in [0.5, 0.6) is 0 Å². The fraction of sp³-hybridized carbons (Fsp3) is 0.333. The van der Waals surface area contributed by atoms with E-state index >= 15 is 0 Å². The third kappa shape index (κ3) is 2.06.